The van der Waals surface area contributed by atoms with E-state index in [1.807, 2.05) is 30.3 Å². The summed E-state index contributed by atoms with van der Waals surface area (Å²) in [6.45, 7) is 14.5. The largest absolute Gasteiger partial charge is 0.507 e. The molecule has 6 nitrogen and oxygen atoms in total. The lowest BCUT2D eigenvalue weighted by atomic mass is 9.78. The van der Waals surface area contributed by atoms with Gasteiger partial charge in [-0.05, 0) is 58.9 Å². The Morgan fingerprint density at radius 2 is 1.47 bits per heavy atom. The second-order valence-electron chi connectivity index (χ2n) is 12.1. The lowest BCUT2D eigenvalue weighted by molar-refractivity contribution is -0.122. The Morgan fingerprint density at radius 3 is 2.00 bits per heavy atom. The number of rotatable bonds is 7. The molecule has 1 fully saturated rings. The standard InChI is InChI=1S/C30H43N3O3/c1-29(2,3)24-18-21(19-25(28(24)36)30(4,5)6)12-13-26(34)31-23-14-16-33(17-15-23)20-27(35)32-22-10-8-7-9-11-22/h7-11,18-19,23,36H,12-17,20H2,1-6H3,(H,31,34)(H,32,35). The van der Waals surface area contributed by atoms with Gasteiger partial charge in [0, 0.05) is 31.2 Å². The fourth-order valence-electron chi connectivity index (χ4n) is 4.70. The predicted molar refractivity (Wildman–Crippen MR) is 147 cm³/mol. The Kier molecular flexibility index (Phi) is 8.83. The molecule has 36 heavy (non-hydrogen) atoms. The van der Waals surface area contributed by atoms with Crippen LogP contribution < -0.4 is 10.6 Å². The molecule has 0 bridgehead atoms. The maximum atomic E-state index is 12.7. The summed E-state index contributed by atoms with van der Waals surface area (Å²) in [6, 6.07) is 13.7. The van der Waals surface area contributed by atoms with Crippen LogP contribution in [-0.2, 0) is 26.8 Å². The summed E-state index contributed by atoms with van der Waals surface area (Å²) in [5.74, 6) is 0.409. The number of carbonyl (C=O) groups excluding carboxylic acids is 2. The quantitative estimate of drug-likeness (QED) is 0.499. The highest BCUT2D eigenvalue weighted by Gasteiger charge is 2.27. The molecular formula is C30H43N3O3. The number of phenolic OH excluding ortho intramolecular Hbond substituents is 1. The van der Waals surface area contributed by atoms with Crippen molar-refractivity contribution < 1.29 is 14.7 Å². The zero-order chi connectivity index (χ0) is 26.5. The van der Waals surface area contributed by atoms with Gasteiger partial charge in [-0.3, -0.25) is 14.5 Å². The van der Waals surface area contributed by atoms with Crippen molar-refractivity contribution in [1.29, 1.82) is 0 Å². The fraction of sp³-hybridized carbons (Fsp3) is 0.533. The highest BCUT2D eigenvalue weighted by atomic mass is 16.3. The predicted octanol–water partition coefficient (Wildman–Crippen LogP) is 5.14. The van der Waals surface area contributed by atoms with Crippen molar-refractivity contribution in [3.05, 3.63) is 59.2 Å². The number of phenols is 1. The Hall–Kier alpha value is -2.86. The third-order valence-electron chi connectivity index (χ3n) is 6.80. The molecule has 1 saturated heterocycles. The minimum Gasteiger partial charge on any atom is -0.507 e. The number of nitrogens with one attached hydrogen (secondary N) is 2. The van der Waals surface area contributed by atoms with Gasteiger partial charge in [0.15, 0.2) is 0 Å². The number of para-hydroxylation sites is 1. The topological polar surface area (TPSA) is 81.7 Å². The maximum absolute atomic E-state index is 12.7. The van der Waals surface area contributed by atoms with Gasteiger partial charge >= 0.3 is 0 Å². The zero-order valence-electron chi connectivity index (χ0n) is 22.8. The number of anilines is 1. The fourth-order valence-corrected chi connectivity index (χ4v) is 4.70. The van der Waals surface area contributed by atoms with E-state index in [9.17, 15) is 14.7 Å². The number of piperidine rings is 1. The van der Waals surface area contributed by atoms with Crippen LogP contribution in [0.25, 0.3) is 0 Å². The molecule has 2 aromatic carbocycles. The smallest absolute Gasteiger partial charge is 0.238 e. The first kappa shape index (κ1) is 27.7. The SMILES string of the molecule is CC(C)(C)c1cc(CCC(=O)NC2CCN(CC(=O)Nc3ccccc3)CC2)cc(C(C)(C)C)c1O. The summed E-state index contributed by atoms with van der Waals surface area (Å²) in [6.07, 6.45) is 2.73. The third-order valence-corrected chi connectivity index (χ3v) is 6.80. The van der Waals surface area contributed by atoms with Gasteiger partial charge in [0.05, 0.1) is 6.54 Å². The van der Waals surface area contributed by atoms with Gasteiger partial charge in [-0.15, -0.1) is 0 Å². The molecule has 6 heteroatoms. The van der Waals surface area contributed by atoms with E-state index in [1.165, 1.54) is 0 Å². The summed E-state index contributed by atoms with van der Waals surface area (Å²) in [7, 11) is 0. The van der Waals surface area contributed by atoms with Gasteiger partial charge in [-0.1, -0.05) is 71.9 Å². The molecule has 0 saturated carbocycles. The summed E-state index contributed by atoms with van der Waals surface area (Å²) in [5, 5.41) is 17.0. The van der Waals surface area contributed by atoms with Crippen molar-refractivity contribution in [3.63, 3.8) is 0 Å². The van der Waals surface area contributed by atoms with E-state index in [4.69, 9.17) is 0 Å². The lowest BCUT2D eigenvalue weighted by Crippen LogP contribution is -2.46. The molecule has 0 aliphatic carbocycles. The molecule has 1 aliphatic rings. The first-order valence-electron chi connectivity index (χ1n) is 13.1. The number of hydrogen-bond donors (Lipinski definition) is 3. The Bertz CT molecular complexity index is 1010. The Balaban J connectivity index is 1.49. The maximum Gasteiger partial charge on any atom is 0.238 e. The number of nitrogens with zero attached hydrogens (tertiary/aromatic N) is 1. The Morgan fingerprint density at radius 1 is 0.917 bits per heavy atom. The van der Waals surface area contributed by atoms with Gasteiger partial charge in [0.2, 0.25) is 11.8 Å². The van der Waals surface area contributed by atoms with E-state index in [0.717, 1.165) is 48.3 Å². The van der Waals surface area contributed by atoms with Crippen LogP contribution in [0.3, 0.4) is 0 Å². The normalized spacial score (nSPS) is 15.5. The molecule has 0 unspecified atom stereocenters. The van der Waals surface area contributed by atoms with Crippen LogP contribution in [0.2, 0.25) is 0 Å². The van der Waals surface area contributed by atoms with Gasteiger partial charge in [0.25, 0.3) is 0 Å². The second-order valence-corrected chi connectivity index (χ2v) is 12.1. The molecule has 0 aromatic heterocycles. The molecule has 2 aromatic rings. The molecule has 196 valence electrons. The molecule has 1 aliphatic heterocycles. The van der Waals surface area contributed by atoms with Crippen molar-refractivity contribution in [2.75, 3.05) is 25.0 Å². The first-order chi connectivity index (χ1) is 16.8. The van der Waals surface area contributed by atoms with Crippen LogP contribution in [0.1, 0.15) is 77.5 Å². The van der Waals surface area contributed by atoms with E-state index in [1.54, 1.807) is 0 Å². The molecule has 3 rings (SSSR count). The van der Waals surface area contributed by atoms with Crippen molar-refractivity contribution in [2.24, 2.45) is 0 Å². The summed E-state index contributed by atoms with van der Waals surface area (Å²) >= 11 is 0. The minimum absolute atomic E-state index is 0.0122. The number of likely N-dealkylation sites (tertiary alicyclic amines) is 1. The van der Waals surface area contributed by atoms with Crippen LogP contribution in [0.15, 0.2) is 42.5 Å². The Labute approximate surface area is 216 Å². The van der Waals surface area contributed by atoms with Gasteiger partial charge in [-0.2, -0.15) is 0 Å². The number of benzene rings is 2. The van der Waals surface area contributed by atoms with Crippen molar-refractivity contribution >= 4 is 17.5 Å². The van der Waals surface area contributed by atoms with E-state index in [-0.39, 0.29) is 28.7 Å². The number of hydrogen-bond acceptors (Lipinski definition) is 4. The number of aryl methyl sites for hydroxylation is 1. The molecule has 0 spiro atoms. The van der Waals surface area contributed by atoms with Crippen LogP contribution in [-0.4, -0.2) is 47.5 Å². The number of carbonyl (C=O) groups is 2. The third kappa shape index (κ3) is 7.82. The number of amides is 2. The van der Waals surface area contributed by atoms with Gasteiger partial charge in [-0.25, -0.2) is 0 Å². The van der Waals surface area contributed by atoms with Crippen LogP contribution in [0, 0.1) is 0 Å². The van der Waals surface area contributed by atoms with E-state index in [2.05, 4.69) is 69.2 Å². The van der Waals surface area contributed by atoms with Crippen LogP contribution in [0.5, 0.6) is 5.75 Å². The molecule has 3 N–H and O–H groups in total. The summed E-state index contributed by atoms with van der Waals surface area (Å²) < 4.78 is 0. The van der Waals surface area contributed by atoms with Gasteiger partial charge in [0.1, 0.15) is 5.75 Å². The van der Waals surface area contributed by atoms with Crippen LogP contribution >= 0.6 is 0 Å². The highest BCUT2D eigenvalue weighted by Crippen LogP contribution is 2.40. The number of aromatic hydroxyl groups is 1. The van der Waals surface area contributed by atoms with Crippen molar-refractivity contribution in [3.8, 4) is 5.75 Å². The average molecular weight is 494 g/mol. The van der Waals surface area contributed by atoms with Crippen molar-refractivity contribution in [2.45, 2.75) is 84.1 Å². The molecule has 1 heterocycles. The highest BCUT2D eigenvalue weighted by molar-refractivity contribution is 5.92. The molecule has 2 amide bonds. The molecule has 0 atom stereocenters. The second kappa shape index (κ2) is 11.5. The molecule has 0 radical (unpaired) electrons. The molecular weight excluding hydrogens is 450 g/mol. The van der Waals surface area contributed by atoms with Gasteiger partial charge < -0.3 is 15.7 Å². The van der Waals surface area contributed by atoms with E-state index >= 15 is 0 Å². The summed E-state index contributed by atoms with van der Waals surface area (Å²) in [4.78, 5) is 27.2. The van der Waals surface area contributed by atoms with Crippen LogP contribution in [0.4, 0.5) is 5.69 Å². The average Bonchev–Trinajstić information content (AvgIpc) is 2.78. The zero-order valence-corrected chi connectivity index (χ0v) is 22.8. The van der Waals surface area contributed by atoms with E-state index in [0.29, 0.717) is 25.1 Å². The monoisotopic (exact) mass is 493 g/mol. The van der Waals surface area contributed by atoms with E-state index < -0.39 is 0 Å². The van der Waals surface area contributed by atoms with Crippen molar-refractivity contribution in [1.82, 2.24) is 10.2 Å². The summed E-state index contributed by atoms with van der Waals surface area (Å²) in [5.41, 5.74) is 3.37. The first-order valence-corrected chi connectivity index (χ1v) is 13.1. The lowest BCUT2D eigenvalue weighted by Gasteiger charge is -2.32. The minimum atomic E-state index is -0.186.